The SMILES string of the molecule is CCNC(=NCc1ccnc(OCC(F)(F)F)c1)N1CCN(C(=O)OCC)CC1.I. The van der Waals surface area contributed by atoms with Gasteiger partial charge < -0.3 is 24.6 Å². The van der Waals surface area contributed by atoms with Crippen molar-refractivity contribution >= 4 is 36.0 Å². The molecule has 0 spiro atoms. The summed E-state index contributed by atoms with van der Waals surface area (Å²) in [4.78, 5) is 23.8. The van der Waals surface area contributed by atoms with E-state index in [4.69, 9.17) is 4.74 Å². The number of carbonyl (C=O) groups excluding carboxylic acids is 1. The number of halogens is 4. The van der Waals surface area contributed by atoms with E-state index < -0.39 is 12.8 Å². The molecular formula is C18H27F3IN5O3. The highest BCUT2D eigenvalue weighted by Crippen LogP contribution is 2.18. The second kappa shape index (κ2) is 12.6. The first-order valence-corrected chi connectivity index (χ1v) is 9.41. The van der Waals surface area contributed by atoms with Crippen molar-refractivity contribution in [2.45, 2.75) is 26.6 Å². The molecule has 1 aliphatic heterocycles. The van der Waals surface area contributed by atoms with Crippen LogP contribution in [0.2, 0.25) is 0 Å². The van der Waals surface area contributed by atoms with Crippen LogP contribution in [-0.2, 0) is 11.3 Å². The Bertz CT molecular complexity index is 698. The molecule has 12 heteroatoms. The summed E-state index contributed by atoms with van der Waals surface area (Å²) in [5.41, 5.74) is 0.678. The molecular weight excluding hydrogens is 518 g/mol. The first kappa shape index (κ1) is 26.0. The maximum atomic E-state index is 12.3. The van der Waals surface area contributed by atoms with E-state index in [1.807, 2.05) is 11.8 Å². The molecule has 170 valence electrons. The number of hydrogen-bond acceptors (Lipinski definition) is 5. The van der Waals surface area contributed by atoms with Crippen molar-refractivity contribution in [3.63, 3.8) is 0 Å². The first-order chi connectivity index (χ1) is 13.8. The highest BCUT2D eigenvalue weighted by Gasteiger charge is 2.28. The number of piperazine rings is 1. The minimum absolute atomic E-state index is 0. The number of nitrogens with zero attached hydrogens (tertiary/aromatic N) is 4. The summed E-state index contributed by atoms with van der Waals surface area (Å²) in [5.74, 6) is 0.577. The molecule has 1 saturated heterocycles. The molecule has 1 aromatic rings. The van der Waals surface area contributed by atoms with Crippen LogP contribution < -0.4 is 10.1 Å². The third-order valence-corrected chi connectivity index (χ3v) is 4.03. The lowest BCUT2D eigenvalue weighted by Crippen LogP contribution is -2.53. The summed E-state index contributed by atoms with van der Waals surface area (Å²) < 4.78 is 46.6. The molecule has 0 bridgehead atoms. The molecule has 0 radical (unpaired) electrons. The largest absolute Gasteiger partial charge is 0.468 e. The normalized spacial score (nSPS) is 14.8. The topological polar surface area (TPSA) is 79.3 Å². The number of aromatic nitrogens is 1. The molecule has 0 aromatic carbocycles. The minimum atomic E-state index is -4.42. The number of pyridine rings is 1. The van der Waals surface area contributed by atoms with Crippen molar-refractivity contribution in [3.05, 3.63) is 23.9 Å². The summed E-state index contributed by atoms with van der Waals surface area (Å²) in [6.07, 6.45) is -3.35. The van der Waals surface area contributed by atoms with Crippen LogP contribution in [0.25, 0.3) is 0 Å². The van der Waals surface area contributed by atoms with Crippen LogP contribution in [0, 0.1) is 0 Å². The zero-order chi connectivity index (χ0) is 21.3. The Morgan fingerprint density at radius 2 is 1.90 bits per heavy atom. The smallest absolute Gasteiger partial charge is 0.422 e. The zero-order valence-corrected chi connectivity index (χ0v) is 19.3. The maximum Gasteiger partial charge on any atom is 0.422 e. The standard InChI is InChI=1S/C18H26F3N5O3.HI/c1-3-22-16(25-7-9-26(10-8-25)17(27)28-4-2)24-12-14-5-6-23-15(11-14)29-13-18(19,20)21;/h5-6,11H,3-4,7-10,12-13H2,1-2H3,(H,22,24);1H. The van der Waals surface area contributed by atoms with Crippen molar-refractivity contribution in [2.24, 2.45) is 4.99 Å². The minimum Gasteiger partial charge on any atom is -0.468 e. The van der Waals surface area contributed by atoms with Gasteiger partial charge in [-0.1, -0.05) is 0 Å². The van der Waals surface area contributed by atoms with Crippen molar-refractivity contribution in [1.29, 1.82) is 0 Å². The lowest BCUT2D eigenvalue weighted by Gasteiger charge is -2.35. The lowest BCUT2D eigenvalue weighted by molar-refractivity contribution is -0.154. The van der Waals surface area contributed by atoms with Crippen LogP contribution in [0.1, 0.15) is 19.4 Å². The third kappa shape index (κ3) is 8.79. The molecule has 8 nitrogen and oxygen atoms in total. The van der Waals surface area contributed by atoms with Gasteiger partial charge in [0.05, 0.1) is 13.2 Å². The van der Waals surface area contributed by atoms with Crippen molar-refractivity contribution in [2.75, 3.05) is 45.9 Å². The molecule has 1 fully saturated rings. The van der Waals surface area contributed by atoms with Gasteiger partial charge in [-0.25, -0.2) is 14.8 Å². The van der Waals surface area contributed by atoms with Crippen LogP contribution in [0.5, 0.6) is 5.88 Å². The second-order valence-electron chi connectivity index (χ2n) is 6.25. The van der Waals surface area contributed by atoms with Gasteiger partial charge >= 0.3 is 12.3 Å². The molecule has 1 aromatic heterocycles. The molecule has 2 heterocycles. The number of amides is 1. The lowest BCUT2D eigenvalue weighted by atomic mass is 10.2. The monoisotopic (exact) mass is 545 g/mol. The fourth-order valence-electron chi connectivity index (χ4n) is 2.69. The van der Waals surface area contributed by atoms with Crippen molar-refractivity contribution < 1.29 is 27.4 Å². The molecule has 0 saturated carbocycles. The Kier molecular flexibility index (Phi) is 11.0. The number of alkyl halides is 3. The molecule has 1 N–H and O–H groups in total. The predicted octanol–water partition coefficient (Wildman–Crippen LogP) is 2.88. The summed E-state index contributed by atoms with van der Waals surface area (Å²) in [6, 6.07) is 3.11. The average Bonchev–Trinajstić information content (AvgIpc) is 2.70. The van der Waals surface area contributed by atoms with Gasteiger partial charge in [-0.15, -0.1) is 24.0 Å². The number of hydrogen-bond donors (Lipinski definition) is 1. The summed E-state index contributed by atoms with van der Waals surface area (Å²) in [5, 5.41) is 3.20. The Labute approximate surface area is 190 Å². The van der Waals surface area contributed by atoms with Gasteiger partial charge in [-0.05, 0) is 25.5 Å². The average molecular weight is 545 g/mol. The number of guanidine groups is 1. The third-order valence-electron chi connectivity index (χ3n) is 4.03. The number of nitrogens with one attached hydrogen (secondary N) is 1. The Morgan fingerprint density at radius 1 is 1.23 bits per heavy atom. The molecule has 0 aliphatic carbocycles. The van der Waals surface area contributed by atoms with Gasteiger partial charge in [0.2, 0.25) is 5.88 Å². The highest BCUT2D eigenvalue weighted by molar-refractivity contribution is 14.0. The fourth-order valence-corrected chi connectivity index (χ4v) is 2.69. The van der Waals surface area contributed by atoms with E-state index in [0.29, 0.717) is 50.9 Å². The Morgan fingerprint density at radius 3 is 2.50 bits per heavy atom. The first-order valence-electron chi connectivity index (χ1n) is 9.41. The molecule has 2 rings (SSSR count). The van der Waals surface area contributed by atoms with Crippen molar-refractivity contribution in [1.82, 2.24) is 20.1 Å². The zero-order valence-electron chi connectivity index (χ0n) is 16.9. The van der Waals surface area contributed by atoms with E-state index in [1.165, 1.54) is 12.3 Å². The molecule has 0 atom stereocenters. The highest BCUT2D eigenvalue weighted by atomic mass is 127. The van der Waals surface area contributed by atoms with E-state index in [9.17, 15) is 18.0 Å². The molecule has 30 heavy (non-hydrogen) atoms. The van der Waals surface area contributed by atoms with E-state index in [2.05, 4.69) is 20.0 Å². The Balaban J connectivity index is 0.00000450. The fraction of sp³-hybridized carbons (Fsp3) is 0.611. The van der Waals surface area contributed by atoms with Gasteiger partial charge in [0, 0.05) is 45.0 Å². The number of aliphatic imine (C=N–C) groups is 1. The van der Waals surface area contributed by atoms with Crippen molar-refractivity contribution in [3.8, 4) is 5.88 Å². The Hall–Kier alpha value is -1.99. The van der Waals surface area contributed by atoms with Gasteiger partial charge in [-0.3, -0.25) is 0 Å². The summed E-state index contributed by atoms with van der Waals surface area (Å²) >= 11 is 0. The second-order valence-corrected chi connectivity index (χ2v) is 6.25. The van der Waals surface area contributed by atoms with Gasteiger partial charge in [0.25, 0.3) is 0 Å². The number of ether oxygens (including phenoxy) is 2. The van der Waals surface area contributed by atoms with E-state index >= 15 is 0 Å². The summed E-state index contributed by atoms with van der Waals surface area (Å²) in [7, 11) is 0. The quantitative estimate of drug-likeness (QED) is 0.337. The van der Waals surface area contributed by atoms with Crippen LogP contribution in [0.3, 0.4) is 0 Å². The van der Waals surface area contributed by atoms with Gasteiger partial charge in [-0.2, -0.15) is 13.2 Å². The number of rotatable bonds is 6. The van der Waals surface area contributed by atoms with Crippen LogP contribution in [0.4, 0.5) is 18.0 Å². The molecule has 0 unspecified atom stereocenters. The van der Waals surface area contributed by atoms with E-state index in [0.717, 1.165) is 0 Å². The van der Waals surface area contributed by atoms with Crippen LogP contribution in [-0.4, -0.2) is 79.0 Å². The van der Waals surface area contributed by atoms with Gasteiger partial charge in [0.15, 0.2) is 12.6 Å². The van der Waals surface area contributed by atoms with Gasteiger partial charge in [0.1, 0.15) is 0 Å². The molecule has 1 amide bonds. The maximum absolute atomic E-state index is 12.3. The van der Waals surface area contributed by atoms with Crippen LogP contribution in [0.15, 0.2) is 23.3 Å². The van der Waals surface area contributed by atoms with Crippen LogP contribution >= 0.6 is 24.0 Å². The van der Waals surface area contributed by atoms with E-state index in [-0.39, 0.29) is 42.5 Å². The number of carbonyl (C=O) groups is 1. The van der Waals surface area contributed by atoms with E-state index in [1.54, 1.807) is 17.9 Å². The molecule has 1 aliphatic rings. The predicted molar refractivity (Wildman–Crippen MR) is 116 cm³/mol. The summed E-state index contributed by atoms with van der Waals surface area (Å²) in [6.45, 7) is 5.81.